The molecule has 168 valence electrons. The van der Waals surface area contributed by atoms with Gasteiger partial charge in [-0.25, -0.2) is 0 Å². The van der Waals surface area contributed by atoms with Crippen LogP contribution < -0.4 is 4.90 Å². The van der Waals surface area contributed by atoms with Crippen LogP contribution in [0.5, 0.6) is 0 Å². The van der Waals surface area contributed by atoms with Crippen LogP contribution in [0.25, 0.3) is 17.4 Å². The zero-order valence-electron chi connectivity index (χ0n) is 17.9. The molecule has 1 saturated heterocycles. The maximum Gasteiger partial charge on any atom is 0.286 e. The number of halogens is 2. The average molecular weight is 498 g/mol. The highest BCUT2D eigenvalue weighted by molar-refractivity contribution is 8.18. The van der Waals surface area contributed by atoms with Gasteiger partial charge in [0.1, 0.15) is 11.5 Å². The zero-order chi connectivity index (χ0) is 22.9. The molecule has 0 unspecified atom stereocenters. The van der Waals surface area contributed by atoms with E-state index in [9.17, 15) is 4.79 Å². The van der Waals surface area contributed by atoms with Crippen molar-refractivity contribution in [3.8, 4) is 11.3 Å². The van der Waals surface area contributed by atoms with Crippen LogP contribution in [-0.2, 0) is 4.79 Å². The number of anilines is 1. The molecule has 2 aliphatic rings. The lowest BCUT2D eigenvalue weighted by molar-refractivity contribution is -0.113. The quantitative estimate of drug-likeness (QED) is 0.394. The van der Waals surface area contributed by atoms with Crippen molar-refractivity contribution in [2.75, 3.05) is 31.1 Å². The second kappa shape index (κ2) is 9.29. The number of furan rings is 1. The first kappa shape index (κ1) is 22.1. The van der Waals surface area contributed by atoms with Crippen LogP contribution in [0.1, 0.15) is 11.3 Å². The zero-order valence-corrected chi connectivity index (χ0v) is 20.3. The summed E-state index contributed by atoms with van der Waals surface area (Å²) in [6.07, 6.45) is 1.74. The van der Waals surface area contributed by atoms with E-state index in [1.165, 1.54) is 23.0 Å². The Morgan fingerprint density at radius 2 is 1.76 bits per heavy atom. The van der Waals surface area contributed by atoms with E-state index >= 15 is 0 Å². The van der Waals surface area contributed by atoms with Crippen molar-refractivity contribution in [3.63, 3.8) is 0 Å². The van der Waals surface area contributed by atoms with E-state index in [0.717, 1.165) is 36.9 Å². The minimum atomic E-state index is -0.237. The second-order valence-electron chi connectivity index (χ2n) is 7.90. The first-order valence-corrected chi connectivity index (χ1v) is 12.2. The number of hydrogen-bond acceptors (Lipinski definition) is 5. The number of nitrogens with zero attached hydrogens (tertiary/aromatic N) is 3. The summed E-state index contributed by atoms with van der Waals surface area (Å²) in [6.45, 7) is 5.55. The maximum absolute atomic E-state index is 12.5. The third-order valence-electron chi connectivity index (χ3n) is 5.71. The van der Waals surface area contributed by atoms with Crippen molar-refractivity contribution in [2.45, 2.75) is 6.92 Å². The van der Waals surface area contributed by atoms with Gasteiger partial charge < -0.3 is 14.2 Å². The summed E-state index contributed by atoms with van der Waals surface area (Å²) in [5.41, 5.74) is 3.29. The fourth-order valence-corrected chi connectivity index (χ4v) is 5.43. The molecule has 33 heavy (non-hydrogen) atoms. The third kappa shape index (κ3) is 4.69. The summed E-state index contributed by atoms with van der Waals surface area (Å²) in [6, 6.07) is 17.3. The molecule has 0 radical (unpaired) electrons. The number of hydrogen-bond donors (Lipinski definition) is 0. The Kier molecular flexibility index (Phi) is 6.23. The molecule has 2 aliphatic heterocycles. The molecule has 2 aromatic carbocycles. The van der Waals surface area contributed by atoms with Crippen molar-refractivity contribution in [3.05, 3.63) is 80.9 Å². The van der Waals surface area contributed by atoms with Gasteiger partial charge in [-0.1, -0.05) is 41.4 Å². The number of rotatable bonds is 3. The number of carbonyl (C=O) groups excluding carboxylic acids is 1. The Hall–Kier alpha value is -2.67. The summed E-state index contributed by atoms with van der Waals surface area (Å²) in [7, 11) is 0. The highest BCUT2D eigenvalue weighted by atomic mass is 35.5. The molecule has 3 heterocycles. The number of piperazine rings is 1. The Labute approximate surface area is 206 Å². The molecule has 5 rings (SSSR count). The minimum absolute atomic E-state index is 0.237. The number of amides is 1. The van der Waals surface area contributed by atoms with Gasteiger partial charge in [-0.2, -0.15) is 4.99 Å². The van der Waals surface area contributed by atoms with Crippen LogP contribution in [0.2, 0.25) is 10.0 Å². The first-order valence-electron chi connectivity index (χ1n) is 10.6. The number of carbonyl (C=O) groups is 1. The second-order valence-corrected chi connectivity index (χ2v) is 9.75. The van der Waals surface area contributed by atoms with Crippen LogP contribution in [0, 0.1) is 6.92 Å². The van der Waals surface area contributed by atoms with Crippen LogP contribution in [0.3, 0.4) is 0 Å². The predicted molar refractivity (Wildman–Crippen MR) is 137 cm³/mol. The molecule has 0 atom stereocenters. The molecule has 0 saturated carbocycles. The average Bonchev–Trinajstić information content (AvgIpc) is 3.41. The Morgan fingerprint density at radius 1 is 1.00 bits per heavy atom. The molecular weight excluding hydrogens is 477 g/mol. The molecule has 1 fully saturated rings. The summed E-state index contributed by atoms with van der Waals surface area (Å²) in [5.74, 6) is 0.957. The number of aliphatic imine (C=N–C) groups is 1. The van der Waals surface area contributed by atoms with Crippen LogP contribution in [0.15, 0.2) is 68.9 Å². The van der Waals surface area contributed by atoms with Gasteiger partial charge in [0.05, 0.1) is 9.93 Å². The van der Waals surface area contributed by atoms with Crippen LogP contribution in [0.4, 0.5) is 5.69 Å². The Morgan fingerprint density at radius 3 is 2.52 bits per heavy atom. The molecule has 0 bridgehead atoms. The Balaban J connectivity index is 1.25. The van der Waals surface area contributed by atoms with Crippen molar-refractivity contribution >= 4 is 57.8 Å². The van der Waals surface area contributed by atoms with Gasteiger partial charge >= 0.3 is 0 Å². The summed E-state index contributed by atoms with van der Waals surface area (Å²) in [4.78, 5) is 22.0. The summed E-state index contributed by atoms with van der Waals surface area (Å²) >= 11 is 13.7. The van der Waals surface area contributed by atoms with Crippen molar-refractivity contribution < 1.29 is 9.21 Å². The third-order valence-corrected chi connectivity index (χ3v) is 7.30. The molecule has 0 aliphatic carbocycles. The van der Waals surface area contributed by atoms with Gasteiger partial charge in [0, 0.05) is 48.5 Å². The smallest absolute Gasteiger partial charge is 0.286 e. The lowest BCUT2D eigenvalue weighted by atomic mass is 10.1. The van der Waals surface area contributed by atoms with E-state index in [4.69, 9.17) is 27.6 Å². The van der Waals surface area contributed by atoms with Crippen molar-refractivity contribution in [2.24, 2.45) is 4.99 Å². The van der Waals surface area contributed by atoms with Crippen LogP contribution in [-0.4, -0.2) is 42.2 Å². The van der Waals surface area contributed by atoms with Crippen molar-refractivity contribution in [1.29, 1.82) is 0 Å². The molecule has 0 spiro atoms. The van der Waals surface area contributed by atoms with Gasteiger partial charge in [-0.3, -0.25) is 4.79 Å². The van der Waals surface area contributed by atoms with Gasteiger partial charge in [-0.15, -0.1) is 0 Å². The molecule has 3 aromatic rings. The monoisotopic (exact) mass is 497 g/mol. The molecule has 1 amide bonds. The topological polar surface area (TPSA) is 49.0 Å². The number of para-hydroxylation sites is 1. The maximum atomic E-state index is 12.5. The molecular formula is C25H21Cl2N3O2S. The molecule has 5 nitrogen and oxygen atoms in total. The first-order chi connectivity index (χ1) is 16.0. The molecule has 8 heteroatoms. The minimum Gasteiger partial charge on any atom is -0.457 e. The number of aryl methyl sites for hydroxylation is 1. The lowest BCUT2D eigenvalue weighted by Gasteiger charge is -2.37. The fourth-order valence-electron chi connectivity index (χ4n) is 3.98. The van der Waals surface area contributed by atoms with Gasteiger partial charge in [0.2, 0.25) is 0 Å². The molecule has 0 N–H and O–H groups in total. The van der Waals surface area contributed by atoms with E-state index in [1.54, 1.807) is 18.2 Å². The van der Waals surface area contributed by atoms with Gasteiger partial charge in [0.25, 0.3) is 5.91 Å². The standard InChI is InChI=1S/C25H21Cl2N3O2S/c1-16-4-2-3-5-21(16)29-10-12-30(13-11-29)25-28-24(31)23(33-25)15-18-7-9-22(32-18)19-8-6-17(26)14-20(19)27/h2-9,14-15H,10-13H2,1H3/b23-15+. The highest BCUT2D eigenvalue weighted by Crippen LogP contribution is 2.35. The normalized spacial score (nSPS) is 17.7. The SMILES string of the molecule is Cc1ccccc1N1CCN(C2=NC(=O)/C(=C\c3ccc(-c4ccc(Cl)cc4Cl)o3)S2)CC1. The predicted octanol–water partition coefficient (Wildman–Crippen LogP) is 6.35. The fraction of sp³-hybridized carbons (Fsp3) is 0.200. The number of amidine groups is 1. The largest absolute Gasteiger partial charge is 0.457 e. The lowest BCUT2D eigenvalue weighted by Crippen LogP contribution is -2.48. The van der Waals surface area contributed by atoms with Crippen molar-refractivity contribution in [1.82, 2.24) is 4.90 Å². The highest BCUT2D eigenvalue weighted by Gasteiger charge is 2.29. The van der Waals surface area contributed by atoms with Gasteiger partial charge in [-0.05, 0) is 60.6 Å². The van der Waals surface area contributed by atoms with E-state index in [0.29, 0.717) is 26.5 Å². The van der Waals surface area contributed by atoms with E-state index in [-0.39, 0.29) is 5.91 Å². The van der Waals surface area contributed by atoms with E-state index in [2.05, 4.69) is 46.0 Å². The number of thioether (sulfide) groups is 1. The van der Waals surface area contributed by atoms with Crippen LogP contribution >= 0.6 is 35.0 Å². The van der Waals surface area contributed by atoms with Gasteiger partial charge in [0.15, 0.2) is 5.17 Å². The Bertz CT molecular complexity index is 1280. The van der Waals surface area contributed by atoms with E-state index < -0.39 is 0 Å². The summed E-state index contributed by atoms with van der Waals surface area (Å²) < 4.78 is 5.91. The summed E-state index contributed by atoms with van der Waals surface area (Å²) in [5, 5.41) is 1.83. The van der Waals surface area contributed by atoms with E-state index in [1.807, 2.05) is 18.2 Å². The molecule has 1 aromatic heterocycles. The number of benzene rings is 2.